The quantitative estimate of drug-likeness (QED) is 0.865. The summed E-state index contributed by atoms with van der Waals surface area (Å²) in [7, 11) is 0. The monoisotopic (exact) mass is 354 g/mol. The molecule has 0 radical (unpaired) electrons. The van der Waals surface area contributed by atoms with Gasteiger partial charge in [-0.2, -0.15) is 0 Å². The van der Waals surface area contributed by atoms with E-state index in [0.717, 1.165) is 12.1 Å². The molecule has 0 spiro atoms. The molecule has 1 aliphatic rings. The highest BCUT2D eigenvalue weighted by atomic mass is 16.6. The maximum absolute atomic E-state index is 12.3. The van der Waals surface area contributed by atoms with Crippen molar-refractivity contribution in [1.82, 2.24) is 10.2 Å². The predicted molar refractivity (Wildman–Crippen MR) is 101 cm³/mol. The summed E-state index contributed by atoms with van der Waals surface area (Å²) < 4.78 is 11.3. The first-order valence-corrected chi connectivity index (χ1v) is 9.07. The summed E-state index contributed by atoms with van der Waals surface area (Å²) in [6, 6.07) is 20.1. The highest BCUT2D eigenvalue weighted by Crippen LogP contribution is 2.12. The van der Waals surface area contributed by atoms with Crippen LogP contribution in [0.5, 0.6) is 0 Å². The van der Waals surface area contributed by atoms with E-state index in [1.807, 2.05) is 48.5 Å². The Morgan fingerprint density at radius 1 is 1.15 bits per heavy atom. The van der Waals surface area contributed by atoms with E-state index < -0.39 is 0 Å². The third kappa shape index (κ3) is 5.31. The van der Waals surface area contributed by atoms with Gasteiger partial charge in [-0.15, -0.1) is 0 Å². The second-order valence-electron chi connectivity index (χ2n) is 6.55. The van der Waals surface area contributed by atoms with E-state index in [9.17, 15) is 4.79 Å². The Balaban J connectivity index is 1.46. The molecule has 1 fully saturated rings. The normalized spacial score (nSPS) is 18.3. The van der Waals surface area contributed by atoms with Gasteiger partial charge in [0, 0.05) is 19.1 Å². The van der Waals surface area contributed by atoms with E-state index in [1.165, 1.54) is 5.56 Å². The fraction of sp³-hybridized carbons (Fsp3) is 0.381. The Hall–Kier alpha value is -2.37. The van der Waals surface area contributed by atoms with Crippen molar-refractivity contribution >= 4 is 6.09 Å². The van der Waals surface area contributed by atoms with Gasteiger partial charge in [-0.1, -0.05) is 60.7 Å². The van der Waals surface area contributed by atoms with Crippen LogP contribution in [-0.2, 0) is 22.6 Å². The van der Waals surface area contributed by atoms with E-state index in [1.54, 1.807) is 4.90 Å². The standard InChI is InChI=1S/C21H26N2O3/c1-17(22-14-18-8-4-2-5-9-18)20-15-23(12-13-25-20)21(24)26-16-19-10-6-3-7-11-19/h2-11,17,20,22H,12-16H2,1H3/t17-,20+/m1/s1. The third-order valence-electron chi connectivity index (χ3n) is 4.59. The predicted octanol–water partition coefficient (Wildman–Crippen LogP) is 3.20. The van der Waals surface area contributed by atoms with Crippen molar-refractivity contribution in [3.05, 3.63) is 71.8 Å². The Morgan fingerprint density at radius 3 is 2.50 bits per heavy atom. The van der Waals surface area contributed by atoms with Gasteiger partial charge in [0.05, 0.1) is 19.3 Å². The lowest BCUT2D eigenvalue weighted by molar-refractivity contribution is -0.0419. The zero-order chi connectivity index (χ0) is 18.2. The molecule has 0 bridgehead atoms. The number of nitrogens with zero attached hydrogens (tertiary/aromatic N) is 1. The van der Waals surface area contributed by atoms with Gasteiger partial charge in [-0.05, 0) is 18.1 Å². The number of hydrogen-bond donors (Lipinski definition) is 1. The summed E-state index contributed by atoms with van der Waals surface area (Å²) in [4.78, 5) is 14.1. The molecular formula is C21H26N2O3. The summed E-state index contributed by atoms with van der Waals surface area (Å²) in [5.41, 5.74) is 2.22. The molecular weight excluding hydrogens is 328 g/mol. The SMILES string of the molecule is C[C@@H](NCc1ccccc1)[C@@H]1CN(C(=O)OCc2ccccc2)CCO1. The number of carbonyl (C=O) groups excluding carboxylic acids is 1. The number of nitrogens with one attached hydrogen (secondary N) is 1. The first-order valence-electron chi connectivity index (χ1n) is 9.07. The van der Waals surface area contributed by atoms with Gasteiger partial charge in [0.15, 0.2) is 0 Å². The zero-order valence-electron chi connectivity index (χ0n) is 15.1. The van der Waals surface area contributed by atoms with Crippen LogP contribution in [0.25, 0.3) is 0 Å². The maximum Gasteiger partial charge on any atom is 0.410 e. The van der Waals surface area contributed by atoms with Crippen LogP contribution in [0.3, 0.4) is 0 Å². The van der Waals surface area contributed by atoms with Gasteiger partial charge in [0.1, 0.15) is 6.61 Å². The molecule has 0 aromatic heterocycles. The molecule has 2 atom stereocenters. The Bertz CT molecular complexity index is 678. The van der Waals surface area contributed by atoms with E-state index in [0.29, 0.717) is 26.3 Å². The molecule has 1 saturated heterocycles. The van der Waals surface area contributed by atoms with Crippen LogP contribution in [-0.4, -0.2) is 42.8 Å². The molecule has 1 amide bonds. The molecule has 0 saturated carbocycles. The summed E-state index contributed by atoms with van der Waals surface area (Å²) in [5.74, 6) is 0. The number of benzene rings is 2. The molecule has 138 valence electrons. The number of carbonyl (C=O) groups is 1. The maximum atomic E-state index is 12.3. The fourth-order valence-electron chi connectivity index (χ4n) is 2.96. The van der Waals surface area contributed by atoms with Crippen LogP contribution in [0, 0.1) is 0 Å². The lowest BCUT2D eigenvalue weighted by Crippen LogP contribution is -2.52. The van der Waals surface area contributed by atoms with E-state index in [2.05, 4.69) is 24.4 Å². The van der Waals surface area contributed by atoms with Gasteiger partial charge in [-0.25, -0.2) is 4.79 Å². The van der Waals surface area contributed by atoms with Crippen molar-refractivity contribution < 1.29 is 14.3 Å². The fourth-order valence-corrected chi connectivity index (χ4v) is 2.96. The molecule has 1 heterocycles. The van der Waals surface area contributed by atoms with Crippen molar-refractivity contribution in [1.29, 1.82) is 0 Å². The average Bonchev–Trinajstić information content (AvgIpc) is 2.72. The number of morpholine rings is 1. The Kier molecular flexibility index (Phi) is 6.63. The molecule has 1 N–H and O–H groups in total. The van der Waals surface area contributed by atoms with Crippen LogP contribution in [0.15, 0.2) is 60.7 Å². The first-order chi connectivity index (χ1) is 12.7. The van der Waals surface area contributed by atoms with Gasteiger partial charge in [0.2, 0.25) is 0 Å². The summed E-state index contributed by atoms with van der Waals surface area (Å²) in [6.45, 7) is 4.80. The molecule has 5 nitrogen and oxygen atoms in total. The molecule has 0 aliphatic carbocycles. The van der Waals surface area contributed by atoms with Crippen LogP contribution in [0.4, 0.5) is 4.79 Å². The zero-order valence-corrected chi connectivity index (χ0v) is 15.1. The van der Waals surface area contributed by atoms with Gasteiger partial charge < -0.3 is 19.7 Å². The molecule has 3 rings (SSSR count). The number of rotatable bonds is 6. The molecule has 0 unspecified atom stereocenters. The summed E-state index contributed by atoms with van der Waals surface area (Å²) >= 11 is 0. The molecule has 5 heteroatoms. The molecule has 2 aromatic rings. The Morgan fingerprint density at radius 2 is 1.81 bits per heavy atom. The molecule has 2 aromatic carbocycles. The van der Waals surface area contributed by atoms with Crippen LogP contribution >= 0.6 is 0 Å². The van der Waals surface area contributed by atoms with Crippen molar-refractivity contribution in [2.45, 2.75) is 32.2 Å². The van der Waals surface area contributed by atoms with E-state index in [4.69, 9.17) is 9.47 Å². The van der Waals surface area contributed by atoms with Crippen molar-refractivity contribution in [3.8, 4) is 0 Å². The lowest BCUT2D eigenvalue weighted by atomic mass is 10.1. The minimum absolute atomic E-state index is 0.0447. The van der Waals surface area contributed by atoms with E-state index in [-0.39, 0.29) is 18.2 Å². The highest BCUT2D eigenvalue weighted by Gasteiger charge is 2.28. The van der Waals surface area contributed by atoms with Crippen molar-refractivity contribution in [2.24, 2.45) is 0 Å². The number of amides is 1. The molecule has 1 aliphatic heterocycles. The second kappa shape index (κ2) is 9.36. The first kappa shape index (κ1) is 18.4. The molecule has 26 heavy (non-hydrogen) atoms. The minimum Gasteiger partial charge on any atom is -0.445 e. The van der Waals surface area contributed by atoms with Crippen LogP contribution < -0.4 is 5.32 Å². The topological polar surface area (TPSA) is 50.8 Å². The third-order valence-corrected chi connectivity index (χ3v) is 4.59. The smallest absolute Gasteiger partial charge is 0.410 e. The van der Waals surface area contributed by atoms with Crippen molar-refractivity contribution in [2.75, 3.05) is 19.7 Å². The van der Waals surface area contributed by atoms with Crippen LogP contribution in [0.2, 0.25) is 0 Å². The van der Waals surface area contributed by atoms with Gasteiger partial charge >= 0.3 is 6.09 Å². The number of ether oxygens (including phenoxy) is 2. The second-order valence-corrected chi connectivity index (χ2v) is 6.55. The van der Waals surface area contributed by atoms with Crippen LogP contribution in [0.1, 0.15) is 18.1 Å². The van der Waals surface area contributed by atoms with Gasteiger partial charge in [0.25, 0.3) is 0 Å². The average molecular weight is 354 g/mol. The summed E-state index contributed by atoms with van der Waals surface area (Å²) in [5, 5.41) is 3.48. The number of hydrogen-bond acceptors (Lipinski definition) is 4. The minimum atomic E-state index is -0.280. The highest BCUT2D eigenvalue weighted by molar-refractivity contribution is 5.67. The van der Waals surface area contributed by atoms with Gasteiger partial charge in [-0.3, -0.25) is 0 Å². The Labute approximate surface area is 154 Å². The summed E-state index contributed by atoms with van der Waals surface area (Å²) in [6.07, 6.45) is -0.325. The lowest BCUT2D eigenvalue weighted by Gasteiger charge is -2.35. The van der Waals surface area contributed by atoms with Crippen molar-refractivity contribution in [3.63, 3.8) is 0 Å². The largest absolute Gasteiger partial charge is 0.445 e. The van der Waals surface area contributed by atoms with E-state index >= 15 is 0 Å².